The van der Waals surface area contributed by atoms with Crippen LogP contribution in [0.1, 0.15) is 45.8 Å². The molecule has 0 fully saturated rings. The Kier molecular flexibility index (Phi) is 12.2. The SMILES string of the molecule is CCOCCCNC(=NCc1nnc(C)n1C)NCC(=O)NC(C)(C)C.I. The number of aliphatic imine (C=N–C) groups is 1. The molecule has 0 bridgehead atoms. The van der Waals surface area contributed by atoms with Gasteiger partial charge in [-0.1, -0.05) is 0 Å². The molecule has 10 heteroatoms. The van der Waals surface area contributed by atoms with E-state index >= 15 is 0 Å². The number of carbonyl (C=O) groups is 1. The first kappa shape index (κ1) is 25.6. The number of guanidine groups is 1. The number of nitrogens with zero attached hydrogens (tertiary/aromatic N) is 4. The molecule has 0 atom stereocenters. The van der Waals surface area contributed by atoms with Crippen molar-refractivity contribution in [2.75, 3.05) is 26.3 Å². The molecule has 0 saturated carbocycles. The Morgan fingerprint density at radius 2 is 1.96 bits per heavy atom. The summed E-state index contributed by atoms with van der Waals surface area (Å²) in [6.07, 6.45) is 0.853. The molecule has 1 heterocycles. The van der Waals surface area contributed by atoms with Gasteiger partial charge in [0.2, 0.25) is 5.91 Å². The summed E-state index contributed by atoms with van der Waals surface area (Å²) in [4.78, 5) is 16.5. The Labute approximate surface area is 179 Å². The summed E-state index contributed by atoms with van der Waals surface area (Å²) in [6.45, 7) is 12.3. The molecular weight excluding hydrogens is 461 g/mol. The van der Waals surface area contributed by atoms with Crippen molar-refractivity contribution in [1.82, 2.24) is 30.7 Å². The van der Waals surface area contributed by atoms with Crippen molar-refractivity contribution < 1.29 is 9.53 Å². The largest absolute Gasteiger partial charge is 0.382 e. The van der Waals surface area contributed by atoms with E-state index in [0.717, 1.165) is 18.1 Å². The zero-order chi connectivity index (χ0) is 19.6. The number of carbonyl (C=O) groups excluding carboxylic acids is 1. The summed E-state index contributed by atoms with van der Waals surface area (Å²) in [5.74, 6) is 2.07. The maximum absolute atomic E-state index is 12.0. The number of aryl methyl sites for hydroxylation is 1. The number of hydrogen-bond donors (Lipinski definition) is 3. The first-order valence-corrected chi connectivity index (χ1v) is 8.98. The number of rotatable bonds is 9. The molecule has 0 aliphatic rings. The van der Waals surface area contributed by atoms with E-state index in [0.29, 0.717) is 32.3 Å². The van der Waals surface area contributed by atoms with Crippen LogP contribution in [-0.4, -0.2) is 58.5 Å². The molecule has 0 aromatic carbocycles. The first-order valence-electron chi connectivity index (χ1n) is 8.98. The van der Waals surface area contributed by atoms with Crippen LogP contribution in [0.4, 0.5) is 0 Å². The predicted molar refractivity (Wildman–Crippen MR) is 117 cm³/mol. The van der Waals surface area contributed by atoms with Crippen LogP contribution in [0.15, 0.2) is 4.99 Å². The van der Waals surface area contributed by atoms with Crippen molar-refractivity contribution in [3.8, 4) is 0 Å². The van der Waals surface area contributed by atoms with E-state index < -0.39 is 0 Å². The van der Waals surface area contributed by atoms with E-state index in [1.807, 2.05) is 46.2 Å². The molecule has 0 aliphatic heterocycles. The van der Waals surface area contributed by atoms with Crippen LogP contribution in [0.25, 0.3) is 0 Å². The highest BCUT2D eigenvalue weighted by Crippen LogP contribution is 1.99. The van der Waals surface area contributed by atoms with Gasteiger partial charge in [0, 0.05) is 32.3 Å². The van der Waals surface area contributed by atoms with E-state index in [4.69, 9.17) is 4.74 Å². The van der Waals surface area contributed by atoms with Gasteiger partial charge in [-0.15, -0.1) is 34.2 Å². The van der Waals surface area contributed by atoms with Gasteiger partial charge in [-0.3, -0.25) is 4.79 Å². The Morgan fingerprint density at radius 3 is 2.52 bits per heavy atom. The van der Waals surface area contributed by atoms with Crippen molar-refractivity contribution in [2.45, 2.75) is 53.1 Å². The van der Waals surface area contributed by atoms with E-state index in [1.165, 1.54) is 0 Å². The molecule has 27 heavy (non-hydrogen) atoms. The minimum absolute atomic E-state index is 0. The summed E-state index contributed by atoms with van der Waals surface area (Å²) in [7, 11) is 1.90. The van der Waals surface area contributed by atoms with E-state index in [9.17, 15) is 4.79 Å². The number of aromatic nitrogens is 3. The topological polar surface area (TPSA) is 105 Å². The van der Waals surface area contributed by atoms with Gasteiger partial charge in [0.25, 0.3) is 0 Å². The van der Waals surface area contributed by atoms with Crippen molar-refractivity contribution in [3.05, 3.63) is 11.6 Å². The minimum Gasteiger partial charge on any atom is -0.382 e. The van der Waals surface area contributed by atoms with E-state index in [-0.39, 0.29) is 42.0 Å². The summed E-state index contributed by atoms with van der Waals surface area (Å²) in [5, 5.41) is 17.3. The van der Waals surface area contributed by atoms with Gasteiger partial charge in [0.15, 0.2) is 11.8 Å². The third-order valence-electron chi connectivity index (χ3n) is 3.45. The smallest absolute Gasteiger partial charge is 0.239 e. The van der Waals surface area contributed by atoms with Gasteiger partial charge in [0.05, 0.1) is 6.54 Å². The Morgan fingerprint density at radius 1 is 1.26 bits per heavy atom. The van der Waals surface area contributed by atoms with Crippen LogP contribution in [0, 0.1) is 6.92 Å². The fraction of sp³-hybridized carbons (Fsp3) is 0.765. The number of halogens is 1. The summed E-state index contributed by atoms with van der Waals surface area (Å²) in [5.41, 5.74) is -0.267. The fourth-order valence-corrected chi connectivity index (χ4v) is 2.06. The van der Waals surface area contributed by atoms with E-state index in [1.54, 1.807) is 0 Å². The molecule has 1 aromatic rings. The first-order chi connectivity index (χ1) is 12.2. The lowest BCUT2D eigenvalue weighted by atomic mass is 10.1. The summed E-state index contributed by atoms with van der Waals surface area (Å²) in [6, 6.07) is 0. The molecule has 156 valence electrons. The Hall–Kier alpha value is -1.43. The molecule has 9 nitrogen and oxygen atoms in total. The zero-order valence-corrected chi connectivity index (χ0v) is 19.6. The molecule has 1 rings (SSSR count). The summed E-state index contributed by atoms with van der Waals surface area (Å²) >= 11 is 0. The van der Waals surface area contributed by atoms with Crippen LogP contribution >= 0.6 is 24.0 Å². The monoisotopic (exact) mass is 495 g/mol. The molecule has 1 amide bonds. The quantitative estimate of drug-likeness (QED) is 0.205. The van der Waals surface area contributed by atoms with E-state index in [2.05, 4.69) is 31.1 Å². The lowest BCUT2D eigenvalue weighted by Crippen LogP contribution is -2.48. The molecule has 0 unspecified atom stereocenters. The van der Waals surface area contributed by atoms with Gasteiger partial charge in [-0.2, -0.15) is 0 Å². The highest BCUT2D eigenvalue weighted by molar-refractivity contribution is 14.0. The van der Waals surface area contributed by atoms with Crippen molar-refractivity contribution in [2.24, 2.45) is 12.0 Å². The second-order valence-corrected chi connectivity index (χ2v) is 7.02. The van der Waals surface area contributed by atoms with Crippen LogP contribution < -0.4 is 16.0 Å². The molecule has 0 saturated heterocycles. The molecule has 0 spiro atoms. The van der Waals surface area contributed by atoms with Crippen molar-refractivity contribution in [1.29, 1.82) is 0 Å². The van der Waals surface area contributed by atoms with Gasteiger partial charge >= 0.3 is 0 Å². The molecule has 0 radical (unpaired) electrons. The molecule has 3 N–H and O–H groups in total. The zero-order valence-electron chi connectivity index (χ0n) is 17.3. The standard InChI is InChI=1S/C17H33N7O2.HI/c1-7-26-10-8-9-18-16(20-12-15(25)21-17(3,4)5)19-11-14-23-22-13(2)24(14)6;/h7-12H2,1-6H3,(H,21,25)(H2,18,19,20);1H. The minimum atomic E-state index is -0.267. The maximum atomic E-state index is 12.0. The number of hydrogen-bond acceptors (Lipinski definition) is 5. The summed E-state index contributed by atoms with van der Waals surface area (Å²) < 4.78 is 7.22. The van der Waals surface area contributed by atoms with Gasteiger partial charge in [-0.05, 0) is 41.0 Å². The van der Waals surface area contributed by atoms with Crippen molar-refractivity contribution in [3.63, 3.8) is 0 Å². The number of ether oxygens (including phenoxy) is 1. The Balaban J connectivity index is 0.00000676. The van der Waals surface area contributed by atoms with Crippen molar-refractivity contribution >= 4 is 35.8 Å². The van der Waals surface area contributed by atoms with Crippen LogP contribution in [-0.2, 0) is 23.1 Å². The van der Waals surface area contributed by atoms with Crippen LogP contribution in [0.3, 0.4) is 0 Å². The third kappa shape index (κ3) is 11.1. The normalized spacial score (nSPS) is 11.7. The number of nitrogens with one attached hydrogen (secondary N) is 3. The van der Waals surface area contributed by atoms with Crippen LogP contribution in [0.5, 0.6) is 0 Å². The molecule has 0 aliphatic carbocycles. The fourth-order valence-electron chi connectivity index (χ4n) is 2.06. The third-order valence-corrected chi connectivity index (χ3v) is 3.45. The lowest BCUT2D eigenvalue weighted by Gasteiger charge is -2.21. The average Bonchev–Trinajstić information content (AvgIpc) is 2.86. The Bertz CT molecular complexity index is 597. The number of amides is 1. The van der Waals surface area contributed by atoms with Gasteiger partial charge in [-0.25, -0.2) is 4.99 Å². The second kappa shape index (κ2) is 12.9. The second-order valence-electron chi connectivity index (χ2n) is 7.02. The molecule has 1 aromatic heterocycles. The lowest BCUT2D eigenvalue weighted by molar-refractivity contribution is -0.121. The average molecular weight is 495 g/mol. The highest BCUT2D eigenvalue weighted by Gasteiger charge is 2.14. The molecular formula is C17H34IN7O2. The maximum Gasteiger partial charge on any atom is 0.239 e. The van der Waals surface area contributed by atoms with Gasteiger partial charge in [0.1, 0.15) is 12.4 Å². The predicted octanol–water partition coefficient (Wildman–Crippen LogP) is 1.12. The van der Waals surface area contributed by atoms with Gasteiger partial charge < -0.3 is 25.3 Å². The van der Waals surface area contributed by atoms with Crippen LogP contribution in [0.2, 0.25) is 0 Å². The highest BCUT2D eigenvalue weighted by atomic mass is 127.